The minimum Gasteiger partial charge on any atom is -0.623 e. The van der Waals surface area contributed by atoms with E-state index in [1.165, 1.54) is 0 Å². The highest BCUT2D eigenvalue weighted by atomic mass is 16.5. The third-order valence-corrected chi connectivity index (χ3v) is 2.58. The number of nitrogens with zero attached hydrogens (tertiary/aromatic N) is 2. The lowest BCUT2D eigenvalue weighted by molar-refractivity contribution is -0.517. The molecule has 0 radical (unpaired) electrons. The Morgan fingerprint density at radius 2 is 2.07 bits per heavy atom. The Balaban J connectivity index is 2.39. The fraction of sp³-hybridized carbons (Fsp3) is 0.364. The molecule has 4 nitrogen and oxygen atoms in total. The fourth-order valence-corrected chi connectivity index (χ4v) is 1.97. The van der Waals surface area contributed by atoms with Crippen molar-refractivity contribution in [3.63, 3.8) is 0 Å². The summed E-state index contributed by atoms with van der Waals surface area (Å²) in [5, 5.41) is 22.0. The van der Waals surface area contributed by atoms with Gasteiger partial charge in [0.05, 0.1) is 5.92 Å². The molecule has 0 aromatic heterocycles. The van der Waals surface area contributed by atoms with Crippen molar-refractivity contribution in [2.45, 2.75) is 6.92 Å². The van der Waals surface area contributed by atoms with Crippen molar-refractivity contribution in [3.8, 4) is 0 Å². The molecule has 1 aromatic rings. The highest BCUT2D eigenvalue weighted by Crippen LogP contribution is 2.14. The molecule has 1 atom stereocenters. The summed E-state index contributed by atoms with van der Waals surface area (Å²) in [6.45, 7) is 2.47. The lowest BCUT2D eigenvalue weighted by Gasteiger charge is -2.26. The molecule has 1 aliphatic rings. The number of hydroxylamine groups is 3. The monoisotopic (exact) mass is 206 g/mol. The first-order chi connectivity index (χ1) is 7.18. The number of rotatable bonds is 1. The maximum atomic E-state index is 11.7. The molecule has 0 spiro atoms. The van der Waals surface area contributed by atoms with Crippen molar-refractivity contribution in [1.29, 1.82) is 0 Å². The first-order valence-corrected chi connectivity index (χ1v) is 4.99. The minimum absolute atomic E-state index is 0.0224. The van der Waals surface area contributed by atoms with Gasteiger partial charge in [-0.25, -0.2) is 0 Å². The van der Waals surface area contributed by atoms with Crippen LogP contribution in [0.25, 0.3) is 0 Å². The van der Waals surface area contributed by atoms with Gasteiger partial charge in [0.2, 0.25) is 6.67 Å². The van der Waals surface area contributed by atoms with Crippen LogP contribution in [0.2, 0.25) is 0 Å². The molecule has 4 heteroatoms. The van der Waals surface area contributed by atoms with Crippen LogP contribution in [-0.2, 0) is 0 Å². The first kappa shape index (κ1) is 10.1. The van der Waals surface area contributed by atoms with E-state index < -0.39 is 0 Å². The van der Waals surface area contributed by atoms with Crippen molar-refractivity contribution in [2.75, 3.05) is 13.2 Å². The molecule has 0 saturated heterocycles. The lowest BCUT2D eigenvalue weighted by Crippen LogP contribution is -2.43. The zero-order valence-corrected chi connectivity index (χ0v) is 8.63. The zero-order valence-electron chi connectivity index (χ0n) is 8.63. The quantitative estimate of drug-likeness (QED) is 0.556. The largest absolute Gasteiger partial charge is 0.623 e. The fourth-order valence-electron chi connectivity index (χ4n) is 1.97. The Hall–Kier alpha value is -1.39. The standard InChI is InChI=1S/C11H14N2O2/c1-9-7-12(14)8-13(15)11(9)10-5-3-2-4-6-10/h2-6,9,14H,7-8H2,1H3. The van der Waals surface area contributed by atoms with E-state index in [9.17, 15) is 10.4 Å². The third kappa shape index (κ3) is 2.00. The average Bonchev–Trinajstić information content (AvgIpc) is 2.17. The van der Waals surface area contributed by atoms with Crippen molar-refractivity contribution < 1.29 is 9.95 Å². The van der Waals surface area contributed by atoms with Crippen LogP contribution in [0.3, 0.4) is 0 Å². The molecule has 0 fully saturated rings. The molecular formula is C11H14N2O2. The van der Waals surface area contributed by atoms with E-state index in [1.54, 1.807) is 0 Å². The molecule has 80 valence electrons. The summed E-state index contributed by atoms with van der Waals surface area (Å²) >= 11 is 0. The van der Waals surface area contributed by atoms with Crippen LogP contribution >= 0.6 is 0 Å². The molecule has 0 saturated carbocycles. The summed E-state index contributed by atoms with van der Waals surface area (Å²) < 4.78 is 0.851. The molecule has 1 heterocycles. The second-order valence-corrected chi connectivity index (χ2v) is 3.86. The minimum atomic E-state index is 0.0224. The van der Waals surface area contributed by atoms with E-state index in [0.29, 0.717) is 6.54 Å². The summed E-state index contributed by atoms with van der Waals surface area (Å²) in [7, 11) is 0. The van der Waals surface area contributed by atoms with Crippen LogP contribution < -0.4 is 0 Å². The zero-order chi connectivity index (χ0) is 10.8. The van der Waals surface area contributed by atoms with Crippen LogP contribution in [-0.4, -0.2) is 33.9 Å². The van der Waals surface area contributed by atoms with E-state index in [0.717, 1.165) is 21.1 Å². The molecule has 1 unspecified atom stereocenters. The molecule has 0 aliphatic carbocycles. The number of hydrogen-bond donors (Lipinski definition) is 1. The van der Waals surface area contributed by atoms with Gasteiger partial charge < -0.3 is 10.4 Å². The van der Waals surface area contributed by atoms with Gasteiger partial charge in [-0.15, -0.1) is 5.06 Å². The molecule has 1 N–H and O–H groups in total. The average molecular weight is 206 g/mol. The first-order valence-electron chi connectivity index (χ1n) is 4.99. The highest BCUT2D eigenvalue weighted by Gasteiger charge is 2.28. The third-order valence-electron chi connectivity index (χ3n) is 2.58. The maximum absolute atomic E-state index is 11.7. The smallest absolute Gasteiger partial charge is 0.230 e. The van der Waals surface area contributed by atoms with Crippen LogP contribution in [0.15, 0.2) is 30.3 Å². The van der Waals surface area contributed by atoms with Crippen molar-refractivity contribution >= 4 is 5.71 Å². The second-order valence-electron chi connectivity index (χ2n) is 3.86. The summed E-state index contributed by atoms with van der Waals surface area (Å²) in [5.41, 5.74) is 1.69. The van der Waals surface area contributed by atoms with Crippen molar-refractivity contribution in [3.05, 3.63) is 41.1 Å². The van der Waals surface area contributed by atoms with Gasteiger partial charge in [0.15, 0.2) is 5.71 Å². The highest BCUT2D eigenvalue weighted by molar-refractivity contribution is 5.98. The van der Waals surface area contributed by atoms with Crippen LogP contribution in [0.4, 0.5) is 0 Å². The van der Waals surface area contributed by atoms with Gasteiger partial charge in [-0.1, -0.05) is 25.1 Å². The Morgan fingerprint density at radius 3 is 2.67 bits per heavy atom. The van der Waals surface area contributed by atoms with Gasteiger partial charge in [-0.2, -0.15) is 4.74 Å². The van der Waals surface area contributed by atoms with Gasteiger partial charge in [-0.3, -0.25) is 0 Å². The van der Waals surface area contributed by atoms with Gasteiger partial charge in [0, 0.05) is 12.1 Å². The van der Waals surface area contributed by atoms with E-state index >= 15 is 0 Å². The van der Waals surface area contributed by atoms with E-state index in [4.69, 9.17) is 0 Å². The summed E-state index contributed by atoms with van der Waals surface area (Å²) in [6, 6.07) is 9.58. The van der Waals surface area contributed by atoms with Crippen molar-refractivity contribution in [2.24, 2.45) is 5.92 Å². The Labute approximate surface area is 88.6 Å². The molecule has 2 rings (SSSR count). The van der Waals surface area contributed by atoms with Crippen LogP contribution in [0.5, 0.6) is 0 Å². The Morgan fingerprint density at radius 1 is 1.40 bits per heavy atom. The van der Waals surface area contributed by atoms with Gasteiger partial charge in [0.25, 0.3) is 0 Å². The Kier molecular flexibility index (Phi) is 2.70. The number of hydrogen-bond acceptors (Lipinski definition) is 3. The van der Waals surface area contributed by atoms with E-state index in [1.807, 2.05) is 37.3 Å². The molecule has 0 amide bonds. The second kappa shape index (κ2) is 4.00. The number of benzene rings is 1. The molecular weight excluding hydrogens is 192 g/mol. The van der Waals surface area contributed by atoms with E-state index in [2.05, 4.69) is 0 Å². The molecule has 0 bridgehead atoms. The normalized spacial score (nSPS) is 23.2. The molecule has 1 aliphatic heterocycles. The van der Waals surface area contributed by atoms with Crippen LogP contribution in [0.1, 0.15) is 12.5 Å². The van der Waals surface area contributed by atoms with Gasteiger partial charge >= 0.3 is 0 Å². The maximum Gasteiger partial charge on any atom is 0.230 e. The summed E-state index contributed by atoms with van der Waals surface area (Å²) in [4.78, 5) is 0. The van der Waals surface area contributed by atoms with Gasteiger partial charge in [-0.05, 0) is 12.1 Å². The molecule has 1 aromatic carbocycles. The SMILES string of the molecule is CC1CN(O)C[N+]([O-])=C1c1ccccc1. The Bertz CT molecular complexity index is 375. The van der Waals surface area contributed by atoms with Gasteiger partial charge in [0.1, 0.15) is 0 Å². The summed E-state index contributed by atoms with van der Waals surface area (Å²) in [5.74, 6) is 0.0450. The predicted octanol–water partition coefficient (Wildman–Crippen LogP) is 1.28. The lowest BCUT2D eigenvalue weighted by atomic mass is 9.97. The summed E-state index contributed by atoms with van der Waals surface area (Å²) in [6.07, 6.45) is 0. The predicted molar refractivity (Wildman–Crippen MR) is 56.7 cm³/mol. The van der Waals surface area contributed by atoms with Crippen molar-refractivity contribution in [1.82, 2.24) is 5.06 Å². The topological polar surface area (TPSA) is 49.5 Å². The van der Waals surface area contributed by atoms with Crippen LogP contribution in [0, 0.1) is 11.1 Å². The molecule has 15 heavy (non-hydrogen) atoms. The van der Waals surface area contributed by atoms with E-state index in [-0.39, 0.29) is 12.6 Å².